The molecule has 1 aromatic heterocycles. The Morgan fingerprint density at radius 3 is 2.67 bits per heavy atom. The normalized spacial score (nSPS) is 8.08. The predicted molar refractivity (Wildman–Crippen MR) is 47.7 cm³/mol. The van der Waals surface area contributed by atoms with Gasteiger partial charge in [0.2, 0.25) is 0 Å². The predicted octanol–water partition coefficient (Wildman–Crippen LogP) is -1.54. The summed E-state index contributed by atoms with van der Waals surface area (Å²) in [5, 5.41) is 3.09. The topological polar surface area (TPSA) is 24.9 Å². The third-order valence-electron chi connectivity index (χ3n) is 1.21. The third kappa shape index (κ3) is 6.28. The van der Waals surface area contributed by atoms with Crippen molar-refractivity contribution in [3.05, 3.63) is 44.4 Å². The van der Waals surface area contributed by atoms with Crippen LogP contribution in [0.5, 0.6) is 0 Å². The second kappa shape index (κ2) is 9.83. The first kappa shape index (κ1) is 15.2. The molecule has 0 aliphatic rings. The molecule has 0 aromatic carbocycles. The average molecular weight is 189 g/mol. The summed E-state index contributed by atoms with van der Waals surface area (Å²) in [6.07, 6.45) is 1.79. The Morgan fingerprint density at radius 1 is 1.42 bits per heavy atom. The molecular formula is C9H14KN2-. The van der Waals surface area contributed by atoms with E-state index in [2.05, 4.69) is 17.2 Å². The Bertz CT molecular complexity index is 177. The average Bonchev–Trinajstić information content (AvgIpc) is 2.03. The molecule has 1 N–H and O–H groups in total. The van der Waals surface area contributed by atoms with Crippen molar-refractivity contribution in [3.8, 4) is 0 Å². The molecule has 3 heteroatoms. The van der Waals surface area contributed by atoms with Crippen LogP contribution in [0, 0.1) is 14.4 Å². The van der Waals surface area contributed by atoms with E-state index in [0.717, 1.165) is 18.8 Å². The first-order valence-corrected chi connectivity index (χ1v) is 3.33. The maximum atomic E-state index is 4.13. The van der Waals surface area contributed by atoms with E-state index in [1.54, 1.807) is 6.20 Å². The van der Waals surface area contributed by atoms with Gasteiger partial charge in [0.25, 0.3) is 0 Å². The van der Waals surface area contributed by atoms with Crippen LogP contribution in [0.1, 0.15) is 5.69 Å². The van der Waals surface area contributed by atoms with Gasteiger partial charge in [0.1, 0.15) is 0 Å². The zero-order chi connectivity index (χ0) is 7.23. The first-order chi connectivity index (χ1) is 4.93. The van der Waals surface area contributed by atoms with E-state index in [0.29, 0.717) is 0 Å². The molecule has 0 radical (unpaired) electrons. The van der Waals surface area contributed by atoms with E-state index in [1.165, 1.54) is 0 Å². The molecule has 1 heterocycles. The van der Waals surface area contributed by atoms with Crippen LogP contribution in [0.25, 0.3) is 0 Å². The van der Waals surface area contributed by atoms with Crippen molar-refractivity contribution in [2.24, 2.45) is 0 Å². The summed E-state index contributed by atoms with van der Waals surface area (Å²) >= 11 is 0. The zero-order valence-electron chi connectivity index (χ0n) is 7.88. The molecule has 0 atom stereocenters. The van der Waals surface area contributed by atoms with E-state index >= 15 is 0 Å². The summed E-state index contributed by atoms with van der Waals surface area (Å²) < 4.78 is 0. The van der Waals surface area contributed by atoms with Gasteiger partial charge in [-0.1, -0.05) is 6.07 Å². The van der Waals surface area contributed by atoms with Crippen LogP contribution in [0.3, 0.4) is 0 Å². The van der Waals surface area contributed by atoms with Gasteiger partial charge in [0.15, 0.2) is 0 Å². The number of nitrogens with one attached hydrogen (secondary N) is 1. The van der Waals surface area contributed by atoms with E-state index in [4.69, 9.17) is 0 Å². The Labute approximate surface area is 118 Å². The second-order valence-electron chi connectivity index (χ2n) is 2.00. The summed E-state index contributed by atoms with van der Waals surface area (Å²) in [4.78, 5) is 4.13. The van der Waals surface area contributed by atoms with Crippen molar-refractivity contribution < 1.29 is 51.4 Å². The number of pyridine rings is 1. The molecule has 0 saturated heterocycles. The van der Waals surface area contributed by atoms with Gasteiger partial charge in [0.05, 0.1) is 5.69 Å². The summed E-state index contributed by atoms with van der Waals surface area (Å²) in [5.41, 5.74) is 1.06. The van der Waals surface area contributed by atoms with Gasteiger partial charge in [-0.25, -0.2) is 0 Å². The maximum Gasteiger partial charge on any atom is 1.00 e. The van der Waals surface area contributed by atoms with Crippen LogP contribution in [0.15, 0.2) is 24.4 Å². The van der Waals surface area contributed by atoms with Crippen LogP contribution in [-0.4, -0.2) is 11.5 Å². The fraction of sp³-hybridized carbons (Fsp3) is 0.222. The van der Waals surface area contributed by atoms with Crippen LogP contribution in [0.2, 0.25) is 0 Å². The molecule has 2 nitrogen and oxygen atoms in total. The minimum atomic E-state index is 0. The summed E-state index contributed by atoms with van der Waals surface area (Å²) in [6, 6.07) is 5.88. The molecule has 1 rings (SSSR count). The van der Waals surface area contributed by atoms with Gasteiger partial charge in [-0.2, -0.15) is 0 Å². The third-order valence-corrected chi connectivity index (χ3v) is 1.21. The fourth-order valence-electron chi connectivity index (χ4n) is 0.719. The van der Waals surface area contributed by atoms with Gasteiger partial charge in [-0.05, 0) is 12.1 Å². The molecule has 0 unspecified atom stereocenters. The number of hydrogen-bond donors (Lipinski definition) is 1. The van der Waals surface area contributed by atoms with Crippen LogP contribution >= 0.6 is 0 Å². The van der Waals surface area contributed by atoms with E-state index in [9.17, 15) is 0 Å². The fourth-order valence-corrected chi connectivity index (χ4v) is 0.719. The number of aromatic nitrogens is 1. The Balaban J connectivity index is 0. The van der Waals surface area contributed by atoms with Crippen molar-refractivity contribution in [3.63, 3.8) is 0 Å². The first-order valence-electron chi connectivity index (χ1n) is 3.33. The van der Waals surface area contributed by atoms with Crippen molar-refractivity contribution in [2.75, 3.05) is 6.54 Å². The van der Waals surface area contributed by atoms with Gasteiger partial charge >= 0.3 is 51.4 Å². The molecular weight excluding hydrogens is 175 g/mol. The van der Waals surface area contributed by atoms with Crippen molar-refractivity contribution in [1.82, 2.24) is 10.3 Å². The summed E-state index contributed by atoms with van der Waals surface area (Å²) in [5.74, 6) is 0. The molecule has 12 heavy (non-hydrogen) atoms. The number of hydrogen-bond acceptors (Lipinski definition) is 2. The summed E-state index contributed by atoms with van der Waals surface area (Å²) in [7, 11) is 0. The standard InChI is InChI=1S/C8H11N2.CH3.K/c1-2-9-7-8-5-3-4-6-10-8;;/h3-6,9H,1-2,7H2;1H3;/q2*-1;+1. The zero-order valence-corrected chi connectivity index (χ0v) is 11.0. The smallest absolute Gasteiger partial charge is 0.358 e. The van der Waals surface area contributed by atoms with Gasteiger partial charge in [-0.3, -0.25) is 4.98 Å². The van der Waals surface area contributed by atoms with E-state index < -0.39 is 0 Å². The van der Waals surface area contributed by atoms with Gasteiger partial charge in [-0.15, -0.1) is 6.54 Å². The molecule has 62 valence electrons. The molecule has 0 fully saturated rings. The van der Waals surface area contributed by atoms with Crippen LogP contribution < -0.4 is 56.7 Å². The Kier molecular flexibility index (Phi) is 12.5. The Hall–Kier alpha value is 0.746. The van der Waals surface area contributed by atoms with Gasteiger partial charge < -0.3 is 19.7 Å². The molecule has 0 aliphatic heterocycles. The molecule has 0 saturated carbocycles. The Morgan fingerprint density at radius 2 is 2.17 bits per heavy atom. The van der Waals surface area contributed by atoms with Crippen LogP contribution in [0.4, 0.5) is 0 Å². The SMILES string of the molecule is [CH2-]CNCc1ccccn1.[CH3-].[K+]. The number of rotatable bonds is 3. The largest absolute Gasteiger partial charge is 1.00 e. The van der Waals surface area contributed by atoms with Crippen molar-refractivity contribution in [2.45, 2.75) is 6.54 Å². The van der Waals surface area contributed by atoms with Gasteiger partial charge in [0, 0.05) is 12.7 Å². The molecule has 0 amide bonds. The van der Waals surface area contributed by atoms with Crippen molar-refractivity contribution >= 4 is 0 Å². The minimum absolute atomic E-state index is 0. The maximum absolute atomic E-state index is 4.13. The molecule has 1 aromatic rings. The quantitative estimate of drug-likeness (QED) is 0.460. The van der Waals surface area contributed by atoms with Crippen LogP contribution in [-0.2, 0) is 6.54 Å². The van der Waals surface area contributed by atoms with Crippen molar-refractivity contribution in [1.29, 1.82) is 0 Å². The summed E-state index contributed by atoms with van der Waals surface area (Å²) in [6.45, 7) is 5.22. The van der Waals surface area contributed by atoms with E-state index in [1.807, 2.05) is 18.2 Å². The molecule has 0 spiro atoms. The number of nitrogens with zero attached hydrogens (tertiary/aromatic N) is 1. The second-order valence-corrected chi connectivity index (χ2v) is 2.00. The minimum Gasteiger partial charge on any atom is -0.358 e. The van der Waals surface area contributed by atoms with E-state index in [-0.39, 0.29) is 58.8 Å². The molecule has 0 aliphatic carbocycles. The molecule has 0 bridgehead atoms. The monoisotopic (exact) mass is 189 g/mol.